The Hall–Kier alpha value is -1.16. The van der Waals surface area contributed by atoms with E-state index >= 15 is 0 Å². The van der Waals surface area contributed by atoms with E-state index in [0.29, 0.717) is 0 Å². The third kappa shape index (κ3) is 3.24. The Kier molecular flexibility index (Phi) is 3.81. The molecule has 0 aliphatic heterocycles. The fourth-order valence-electron chi connectivity index (χ4n) is 2.52. The minimum Gasteiger partial charge on any atom is -0.349 e. The molecule has 0 heterocycles. The monoisotopic (exact) mass is 287 g/mol. The van der Waals surface area contributed by atoms with Gasteiger partial charge < -0.3 is 5.32 Å². The molecule has 1 atom stereocenters. The highest BCUT2D eigenvalue weighted by molar-refractivity contribution is 6.30. The number of benzene rings is 1. The number of carbonyl (C=O) groups is 1. The number of halogens is 3. The van der Waals surface area contributed by atoms with Gasteiger partial charge >= 0.3 is 0 Å². The predicted molar refractivity (Wildman–Crippen MR) is 70.3 cm³/mol. The van der Waals surface area contributed by atoms with Crippen LogP contribution in [0.5, 0.6) is 0 Å². The summed E-state index contributed by atoms with van der Waals surface area (Å²) in [7, 11) is 0. The van der Waals surface area contributed by atoms with Crippen molar-refractivity contribution in [1.82, 2.24) is 5.32 Å². The highest BCUT2D eigenvalue weighted by Crippen LogP contribution is 2.37. The molecule has 1 saturated carbocycles. The first kappa shape index (κ1) is 14.3. The number of amides is 1. The summed E-state index contributed by atoms with van der Waals surface area (Å²) < 4.78 is 26.9. The van der Waals surface area contributed by atoms with Crippen LogP contribution in [0.25, 0.3) is 0 Å². The predicted octanol–water partition coefficient (Wildman–Crippen LogP) is 3.93. The molecular weight excluding hydrogens is 272 g/mol. The van der Waals surface area contributed by atoms with E-state index in [-0.39, 0.29) is 22.0 Å². The minimum atomic E-state index is -0.804. The molecule has 1 aliphatic carbocycles. The smallest absolute Gasteiger partial charge is 0.254 e. The lowest BCUT2D eigenvalue weighted by molar-refractivity contribution is 0.0931. The average Bonchev–Trinajstić information content (AvgIpc) is 2.63. The molecule has 5 heteroatoms. The van der Waals surface area contributed by atoms with Gasteiger partial charge in [-0.15, -0.1) is 0 Å². The molecule has 1 aliphatic rings. The first-order valence-corrected chi connectivity index (χ1v) is 6.62. The van der Waals surface area contributed by atoms with Gasteiger partial charge in [-0.2, -0.15) is 0 Å². The molecule has 0 spiro atoms. The first-order chi connectivity index (χ1) is 8.78. The fourth-order valence-corrected chi connectivity index (χ4v) is 2.67. The molecule has 1 N–H and O–H groups in total. The highest BCUT2D eigenvalue weighted by Gasteiger charge is 2.32. The van der Waals surface area contributed by atoms with E-state index in [9.17, 15) is 13.6 Å². The first-order valence-electron chi connectivity index (χ1n) is 6.24. The summed E-state index contributed by atoms with van der Waals surface area (Å²) in [6.07, 6.45) is 2.71. The van der Waals surface area contributed by atoms with E-state index in [1.807, 2.05) is 0 Å². The van der Waals surface area contributed by atoms with Gasteiger partial charge in [0.1, 0.15) is 11.6 Å². The van der Waals surface area contributed by atoms with Gasteiger partial charge in [-0.1, -0.05) is 25.4 Å². The normalized spacial score (nSPS) is 21.4. The van der Waals surface area contributed by atoms with E-state index in [4.69, 9.17) is 11.6 Å². The van der Waals surface area contributed by atoms with Gasteiger partial charge in [-0.3, -0.25) is 4.79 Å². The van der Waals surface area contributed by atoms with Gasteiger partial charge in [0, 0.05) is 6.04 Å². The van der Waals surface area contributed by atoms with E-state index in [2.05, 4.69) is 19.2 Å². The van der Waals surface area contributed by atoms with E-state index in [1.165, 1.54) is 0 Å². The Morgan fingerprint density at radius 3 is 2.63 bits per heavy atom. The van der Waals surface area contributed by atoms with Crippen LogP contribution in [0.2, 0.25) is 5.02 Å². The molecule has 1 unspecified atom stereocenters. The fraction of sp³-hybridized carbons (Fsp3) is 0.500. The molecule has 104 valence electrons. The van der Waals surface area contributed by atoms with E-state index < -0.39 is 17.5 Å². The van der Waals surface area contributed by atoms with Gasteiger partial charge in [0.05, 0.1) is 10.6 Å². The van der Waals surface area contributed by atoms with Crippen LogP contribution in [0.15, 0.2) is 12.1 Å². The Labute approximate surface area is 116 Å². The second-order valence-electron chi connectivity index (χ2n) is 5.82. The zero-order valence-corrected chi connectivity index (χ0v) is 11.7. The third-order valence-corrected chi connectivity index (χ3v) is 3.85. The number of carbonyl (C=O) groups excluding carboxylic acids is 1. The quantitative estimate of drug-likeness (QED) is 0.821. The van der Waals surface area contributed by atoms with Crippen LogP contribution >= 0.6 is 11.6 Å². The van der Waals surface area contributed by atoms with Crippen molar-refractivity contribution >= 4 is 17.5 Å². The topological polar surface area (TPSA) is 29.1 Å². The molecular formula is C14H16ClF2NO. The zero-order chi connectivity index (χ0) is 14.2. The van der Waals surface area contributed by atoms with Gasteiger partial charge in [0.15, 0.2) is 0 Å². The second kappa shape index (κ2) is 5.08. The Morgan fingerprint density at radius 1 is 1.37 bits per heavy atom. The van der Waals surface area contributed by atoms with Crippen molar-refractivity contribution in [1.29, 1.82) is 0 Å². The van der Waals surface area contributed by atoms with Crippen LogP contribution in [0.1, 0.15) is 43.5 Å². The van der Waals surface area contributed by atoms with E-state index in [0.717, 1.165) is 31.4 Å². The van der Waals surface area contributed by atoms with Gasteiger partial charge in [-0.05, 0) is 36.8 Å². The third-order valence-electron chi connectivity index (χ3n) is 3.56. The molecule has 1 aromatic rings. The van der Waals surface area contributed by atoms with Gasteiger partial charge in [0.2, 0.25) is 0 Å². The largest absolute Gasteiger partial charge is 0.349 e. The van der Waals surface area contributed by atoms with Crippen LogP contribution in [-0.2, 0) is 0 Å². The van der Waals surface area contributed by atoms with Crippen molar-refractivity contribution in [3.63, 3.8) is 0 Å². The van der Waals surface area contributed by atoms with Crippen molar-refractivity contribution in [3.05, 3.63) is 34.4 Å². The SMILES string of the molecule is CC1(C)CCC(NC(=O)c2cc(F)c(Cl)cc2F)C1. The number of hydrogen-bond acceptors (Lipinski definition) is 1. The van der Waals surface area contributed by atoms with Crippen LogP contribution in [-0.4, -0.2) is 11.9 Å². The maximum absolute atomic E-state index is 13.6. The maximum Gasteiger partial charge on any atom is 0.254 e. The molecule has 0 aromatic heterocycles. The minimum absolute atomic E-state index is 0.0145. The van der Waals surface area contributed by atoms with Gasteiger partial charge in [-0.25, -0.2) is 8.78 Å². The van der Waals surface area contributed by atoms with Crippen LogP contribution in [0.3, 0.4) is 0 Å². The van der Waals surface area contributed by atoms with Crippen molar-refractivity contribution in [2.24, 2.45) is 5.41 Å². The molecule has 2 rings (SSSR count). The molecule has 2 nitrogen and oxygen atoms in total. The number of nitrogens with one attached hydrogen (secondary N) is 1. The van der Waals surface area contributed by atoms with Crippen molar-refractivity contribution in [3.8, 4) is 0 Å². The Balaban J connectivity index is 2.11. The Morgan fingerprint density at radius 2 is 2.05 bits per heavy atom. The number of hydrogen-bond donors (Lipinski definition) is 1. The summed E-state index contributed by atoms with van der Waals surface area (Å²) in [5, 5.41) is 2.43. The lowest BCUT2D eigenvalue weighted by Gasteiger charge is -2.18. The number of rotatable bonds is 2. The lowest BCUT2D eigenvalue weighted by atomic mass is 9.92. The van der Waals surface area contributed by atoms with Crippen LogP contribution in [0.4, 0.5) is 8.78 Å². The van der Waals surface area contributed by atoms with Crippen LogP contribution < -0.4 is 5.32 Å². The zero-order valence-electron chi connectivity index (χ0n) is 10.9. The van der Waals surface area contributed by atoms with E-state index in [1.54, 1.807) is 0 Å². The molecule has 0 radical (unpaired) electrons. The summed E-state index contributed by atoms with van der Waals surface area (Å²) in [6.45, 7) is 4.25. The summed E-state index contributed by atoms with van der Waals surface area (Å²) in [5.41, 5.74) is -0.117. The summed E-state index contributed by atoms with van der Waals surface area (Å²) in [5.74, 6) is -2.18. The summed E-state index contributed by atoms with van der Waals surface area (Å²) in [6, 6.07) is 1.68. The standard InChI is InChI=1S/C14H16ClF2NO/c1-14(2)4-3-8(7-14)18-13(19)9-5-12(17)10(15)6-11(9)16/h5-6,8H,3-4,7H2,1-2H3,(H,18,19). The van der Waals surface area contributed by atoms with Gasteiger partial charge in [0.25, 0.3) is 5.91 Å². The van der Waals surface area contributed by atoms with Crippen LogP contribution in [0, 0.1) is 17.0 Å². The summed E-state index contributed by atoms with van der Waals surface area (Å²) in [4.78, 5) is 11.9. The molecule has 1 fully saturated rings. The molecule has 1 aromatic carbocycles. The maximum atomic E-state index is 13.6. The lowest BCUT2D eigenvalue weighted by Crippen LogP contribution is -2.34. The van der Waals surface area contributed by atoms with Crippen molar-refractivity contribution in [2.75, 3.05) is 0 Å². The van der Waals surface area contributed by atoms with Crippen molar-refractivity contribution in [2.45, 2.75) is 39.2 Å². The average molecular weight is 288 g/mol. The molecule has 0 saturated heterocycles. The molecule has 19 heavy (non-hydrogen) atoms. The second-order valence-corrected chi connectivity index (χ2v) is 6.23. The van der Waals surface area contributed by atoms with Crippen molar-refractivity contribution < 1.29 is 13.6 Å². The Bertz CT molecular complexity index is 516. The molecule has 1 amide bonds. The highest BCUT2D eigenvalue weighted by atomic mass is 35.5. The summed E-state index contributed by atoms with van der Waals surface area (Å²) >= 11 is 5.45. The molecule has 0 bridgehead atoms.